The zero-order chi connectivity index (χ0) is 14.4. The molecule has 0 N–H and O–H groups in total. The van der Waals surface area contributed by atoms with Gasteiger partial charge in [0.25, 0.3) is 0 Å². The highest BCUT2D eigenvalue weighted by molar-refractivity contribution is 5.30. The van der Waals surface area contributed by atoms with Crippen molar-refractivity contribution in [2.45, 2.75) is 38.5 Å². The summed E-state index contributed by atoms with van der Waals surface area (Å²) >= 11 is 0. The maximum absolute atomic E-state index is 14.0. The van der Waals surface area contributed by atoms with Crippen LogP contribution in [0.1, 0.15) is 42.7 Å². The Morgan fingerprint density at radius 1 is 1.25 bits per heavy atom. The molecule has 0 spiro atoms. The normalized spacial score (nSPS) is 22.3. The smallest absolute Gasteiger partial charge is 0.127 e. The van der Waals surface area contributed by atoms with Crippen molar-refractivity contribution in [1.82, 2.24) is 0 Å². The number of halogens is 1. The number of hydrogen-bond acceptors (Lipinski definition) is 0. The molecule has 1 aliphatic rings. The van der Waals surface area contributed by atoms with E-state index in [4.69, 9.17) is 0 Å². The van der Waals surface area contributed by atoms with E-state index in [1.165, 1.54) is 0 Å². The third kappa shape index (κ3) is 3.93. The lowest BCUT2D eigenvalue weighted by Crippen LogP contribution is -2.07. The fourth-order valence-electron chi connectivity index (χ4n) is 2.68. The van der Waals surface area contributed by atoms with Crippen LogP contribution in [0.2, 0.25) is 0 Å². The molecule has 1 aromatic carbocycles. The first-order valence-electron chi connectivity index (χ1n) is 7.42. The van der Waals surface area contributed by atoms with Crippen LogP contribution >= 0.6 is 0 Å². The minimum absolute atomic E-state index is 0.0698. The lowest BCUT2D eigenvalue weighted by Gasteiger charge is -2.21. The van der Waals surface area contributed by atoms with Gasteiger partial charge in [-0.05, 0) is 55.7 Å². The van der Waals surface area contributed by atoms with E-state index < -0.39 is 0 Å². The molecule has 0 radical (unpaired) electrons. The van der Waals surface area contributed by atoms with Crippen molar-refractivity contribution in [3.8, 4) is 0 Å². The van der Waals surface area contributed by atoms with Gasteiger partial charge in [0.1, 0.15) is 5.82 Å². The molecule has 2 atom stereocenters. The van der Waals surface area contributed by atoms with Gasteiger partial charge >= 0.3 is 0 Å². The van der Waals surface area contributed by atoms with E-state index in [1.54, 1.807) is 6.07 Å². The standard InChI is InChI=1S/C19H23F/c1-3-4-5-6-7-16-9-11-17(12-10-16)18-13-8-15(2)14-19(18)20/h3,6-9,11,13-14,16-17H,1,4-5,10,12H2,2H3/b7-6+. The summed E-state index contributed by atoms with van der Waals surface area (Å²) < 4.78 is 14.0. The monoisotopic (exact) mass is 270 g/mol. The van der Waals surface area contributed by atoms with Gasteiger partial charge in [0.2, 0.25) is 0 Å². The van der Waals surface area contributed by atoms with Crippen LogP contribution in [0.4, 0.5) is 4.39 Å². The molecule has 0 amide bonds. The molecule has 1 aliphatic carbocycles. The van der Waals surface area contributed by atoms with Crippen molar-refractivity contribution >= 4 is 0 Å². The summed E-state index contributed by atoms with van der Waals surface area (Å²) in [6.45, 7) is 5.64. The maximum Gasteiger partial charge on any atom is 0.127 e. The van der Waals surface area contributed by atoms with Crippen molar-refractivity contribution in [2.24, 2.45) is 5.92 Å². The predicted molar refractivity (Wildman–Crippen MR) is 84.3 cm³/mol. The fourth-order valence-corrected chi connectivity index (χ4v) is 2.68. The van der Waals surface area contributed by atoms with Crippen LogP contribution < -0.4 is 0 Å². The second-order valence-electron chi connectivity index (χ2n) is 5.55. The third-order valence-electron chi connectivity index (χ3n) is 3.88. The molecule has 0 aromatic heterocycles. The Kier molecular flexibility index (Phi) is 5.34. The highest BCUT2D eigenvalue weighted by Gasteiger charge is 2.18. The van der Waals surface area contributed by atoms with Crippen LogP contribution in [0.3, 0.4) is 0 Å². The van der Waals surface area contributed by atoms with Crippen molar-refractivity contribution in [3.05, 3.63) is 72.1 Å². The molecule has 0 heterocycles. The molecule has 0 saturated carbocycles. The number of hydrogen-bond donors (Lipinski definition) is 0. The summed E-state index contributed by atoms with van der Waals surface area (Å²) in [5.74, 6) is 0.664. The molecular weight excluding hydrogens is 247 g/mol. The van der Waals surface area contributed by atoms with Crippen molar-refractivity contribution in [2.75, 3.05) is 0 Å². The van der Waals surface area contributed by atoms with Gasteiger partial charge in [-0.2, -0.15) is 0 Å². The van der Waals surface area contributed by atoms with E-state index in [-0.39, 0.29) is 11.7 Å². The summed E-state index contributed by atoms with van der Waals surface area (Å²) in [6, 6.07) is 5.55. The van der Waals surface area contributed by atoms with Crippen LogP contribution in [0, 0.1) is 18.7 Å². The van der Waals surface area contributed by atoms with Crippen molar-refractivity contribution < 1.29 is 4.39 Å². The quantitative estimate of drug-likeness (QED) is 0.475. The van der Waals surface area contributed by atoms with Crippen LogP contribution in [0.25, 0.3) is 0 Å². The Bertz CT molecular complexity index is 510. The Morgan fingerprint density at radius 3 is 2.75 bits per heavy atom. The average Bonchev–Trinajstić information content (AvgIpc) is 2.45. The van der Waals surface area contributed by atoms with E-state index in [9.17, 15) is 4.39 Å². The van der Waals surface area contributed by atoms with Crippen LogP contribution in [-0.4, -0.2) is 0 Å². The van der Waals surface area contributed by atoms with E-state index in [2.05, 4.69) is 30.9 Å². The highest BCUT2D eigenvalue weighted by Crippen LogP contribution is 2.32. The molecule has 0 saturated heterocycles. The van der Waals surface area contributed by atoms with Crippen molar-refractivity contribution in [3.63, 3.8) is 0 Å². The highest BCUT2D eigenvalue weighted by atomic mass is 19.1. The minimum Gasteiger partial charge on any atom is -0.207 e. The number of unbranched alkanes of at least 4 members (excludes halogenated alkanes) is 1. The van der Waals surface area contributed by atoms with Crippen LogP contribution in [-0.2, 0) is 0 Å². The van der Waals surface area contributed by atoms with Gasteiger partial charge in [-0.1, -0.05) is 42.5 Å². The lowest BCUT2D eigenvalue weighted by atomic mass is 9.84. The van der Waals surface area contributed by atoms with Gasteiger partial charge in [-0.25, -0.2) is 4.39 Å². The first kappa shape index (κ1) is 14.8. The molecule has 2 rings (SSSR count). The summed E-state index contributed by atoms with van der Waals surface area (Å²) in [5, 5.41) is 0. The molecular formula is C19H23F. The maximum atomic E-state index is 14.0. The molecule has 0 fully saturated rings. The zero-order valence-corrected chi connectivity index (χ0v) is 12.2. The van der Waals surface area contributed by atoms with Gasteiger partial charge < -0.3 is 0 Å². The zero-order valence-electron chi connectivity index (χ0n) is 12.2. The Labute approximate surface area is 121 Å². The topological polar surface area (TPSA) is 0 Å². The average molecular weight is 270 g/mol. The lowest BCUT2D eigenvalue weighted by molar-refractivity contribution is 0.545. The molecule has 1 heteroatoms. The number of rotatable bonds is 5. The molecule has 106 valence electrons. The van der Waals surface area contributed by atoms with Gasteiger partial charge in [0.05, 0.1) is 0 Å². The first-order chi connectivity index (χ1) is 9.70. The van der Waals surface area contributed by atoms with E-state index in [0.717, 1.165) is 36.8 Å². The SMILES string of the molecule is C=CCC/C=C/C1C=CC(c2ccc(C)cc2F)CC1. The minimum atomic E-state index is -0.0698. The molecule has 0 aliphatic heterocycles. The van der Waals surface area contributed by atoms with Gasteiger partial charge in [-0.15, -0.1) is 6.58 Å². The van der Waals surface area contributed by atoms with Crippen LogP contribution in [0.5, 0.6) is 0 Å². The number of benzene rings is 1. The number of allylic oxidation sites excluding steroid dienone is 5. The Balaban J connectivity index is 1.98. The molecule has 1 aromatic rings. The summed E-state index contributed by atoms with van der Waals surface area (Å²) in [7, 11) is 0. The van der Waals surface area contributed by atoms with Gasteiger partial charge in [-0.3, -0.25) is 0 Å². The van der Waals surface area contributed by atoms with Gasteiger partial charge in [0, 0.05) is 5.92 Å². The number of aryl methyl sites for hydroxylation is 1. The molecule has 0 nitrogen and oxygen atoms in total. The predicted octanol–water partition coefficient (Wildman–Crippen LogP) is 5.71. The van der Waals surface area contributed by atoms with E-state index >= 15 is 0 Å². The Morgan fingerprint density at radius 2 is 2.10 bits per heavy atom. The first-order valence-corrected chi connectivity index (χ1v) is 7.42. The second kappa shape index (κ2) is 7.23. The molecule has 0 bridgehead atoms. The summed E-state index contributed by atoms with van der Waals surface area (Å²) in [4.78, 5) is 0. The molecule has 2 unspecified atom stereocenters. The Hall–Kier alpha value is -1.63. The largest absolute Gasteiger partial charge is 0.207 e. The summed E-state index contributed by atoms with van der Waals surface area (Å²) in [6.07, 6.45) is 15.0. The van der Waals surface area contributed by atoms with Crippen molar-refractivity contribution in [1.29, 1.82) is 0 Å². The van der Waals surface area contributed by atoms with Gasteiger partial charge in [0.15, 0.2) is 0 Å². The van der Waals surface area contributed by atoms with E-state index in [0.29, 0.717) is 5.92 Å². The fraction of sp³-hybridized carbons (Fsp3) is 0.368. The van der Waals surface area contributed by atoms with E-state index in [1.807, 2.05) is 25.1 Å². The third-order valence-corrected chi connectivity index (χ3v) is 3.88. The second-order valence-corrected chi connectivity index (χ2v) is 5.55. The molecule has 20 heavy (non-hydrogen) atoms. The summed E-state index contributed by atoms with van der Waals surface area (Å²) in [5.41, 5.74) is 1.81. The van der Waals surface area contributed by atoms with Crippen LogP contribution in [0.15, 0.2) is 55.2 Å².